The molecule has 0 bridgehead atoms. The summed E-state index contributed by atoms with van der Waals surface area (Å²) in [7, 11) is 0. The first-order valence-corrected chi connectivity index (χ1v) is 7.89. The molecule has 1 amide bonds. The highest BCUT2D eigenvalue weighted by Crippen LogP contribution is 2.16. The number of aromatic amines is 1. The molecule has 23 heavy (non-hydrogen) atoms. The number of rotatable bonds is 4. The van der Waals surface area contributed by atoms with Gasteiger partial charge in [0.2, 0.25) is 4.77 Å². The fourth-order valence-electron chi connectivity index (χ4n) is 2.42. The number of amides is 1. The lowest BCUT2D eigenvalue weighted by atomic mass is 10.1. The molecular formula is C15H19N5O2S. The van der Waals surface area contributed by atoms with E-state index in [1.165, 1.54) is 4.68 Å². The van der Waals surface area contributed by atoms with Crippen molar-refractivity contribution >= 4 is 18.1 Å². The zero-order valence-electron chi connectivity index (χ0n) is 12.9. The summed E-state index contributed by atoms with van der Waals surface area (Å²) in [4.78, 5) is 14.3. The topological polar surface area (TPSA) is 75.2 Å². The zero-order valence-corrected chi connectivity index (χ0v) is 13.7. The summed E-state index contributed by atoms with van der Waals surface area (Å²) < 4.78 is 7.16. The van der Waals surface area contributed by atoms with Gasteiger partial charge >= 0.3 is 0 Å². The minimum atomic E-state index is -0.127. The molecule has 1 saturated heterocycles. The van der Waals surface area contributed by atoms with Gasteiger partial charge in [-0.2, -0.15) is 5.10 Å². The third kappa shape index (κ3) is 3.84. The van der Waals surface area contributed by atoms with Gasteiger partial charge in [-0.1, -0.05) is 29.8 Å². The summed E-state index contributed by atoms with van der Waals surface area (Å²) in [6.07, 6.45) is 0. The molecule has 0 saturated carbocycles. The maximum Gasteiger partial charge on any atom is 0.253 e. The summed E-state index contributed by atoms with van der Waals surface area (Å²) in [5, 5.41) is 6.94. The van der Waals surface area contributed by atoms with Crippen LogP contribution in [0.1, 0.15) is 5.56 Å². The Bertz CT molecular complexity index is 731. The number of aryl methyl sites for hydroxylation is 1. The van der Waals surface area contributed by atoms with Crippen LogP contribution in [0.5, 0.6) is 0 Å². The predicted molar refractivity (Wildman–Crippen MR) is 89.2 cm³/mol. The van der Waals surface area contributed by atoms with E-state index in [1.54, 1.807) is 0 Å². The van der Waals surface area contributed by atoms with Crippen molar-refractivity contribution in [2.75, 3.05) is 38.3 Å². The Labute approximate surface area is 139 Å². The predicted octanol–water partition coefficient (Wildman–Crippen LogP) is 1.32. The van der Waals surface area contributed by atoms with Gasteiger partial charge in [0.05, 0.1) is 19.8 Å². The number of benzene rings is 1. The van der Waals surface area contributed by atoms with E-state index in [2.05, 4.69) is 15.6 Å². The van der Waals surface area contributed by atoms with Crippen LogP contribution in [0, 0.1) is 11.7 Å². The van der Waals surface area contributed by atoms with Gasteiger partial charge < -0.3 is 4.74 Å². The highest BCUT2D eigenvalue weighted by molar-refractivity contribution is 7.71. The third-order valence-electron chi connectivity index (χ3n) is 3.69. The second-order valence-electron chi connectivity index (χ2n) is 5.48. The molecule has 1 fully saturated rings. The van der Waals surface area contributed by atoms with E-state index in [0.29, 0.717) is 30.4 Å². The Morgan fingerprint density at radius 3 is 2.74 bits per heavy atom. The third-order valence-corrected chi connectivity index (χ3v) is 3.96. The summed E-state index contributed by atoms with van der Waals surface area (Å²) in [6.45, 7) is 5.17. The molecule has 1 aliphatic heterocycles. The number of aromatic nitrogens is 3. The second-order valence-corrected chi connectivity index (χ2v) is 5.86. The Hall–Kier alpha value is -2.03. The molecule has 0 atom stereocenters. The Balaban J connectivity index is 1.74. The smallest absolute Gasteiger partial charge is 0.253 e. The van der Waals surface area contributed by atoms with E-state index in [1.807, 2.05) is 36.1 Å². The number of carbonyl (C=O) groups excluding carboxylic acids is 1. The quantitative estimate of drug-likeness (QED) is 0.826. The fraction of sp³-hybridized carbons (Fsp3) is 0.400. The van der Waals surface area contributed by atoms with Gasteiger partial charge in [0.1, 0.15) is 0 Å². The van der Waals surface area contributed by atoms with Crippen LogP contribution in [0.2, 0.25) is 0 Å². The van der Waals surface area contributed by atoms with Crippen LogP contribution in [-0.2, 0) is 9.53 Å². The lowest BCUT2D eigenvalue weighted by Gasteiger charge is -2.25. The van der Waals surface area contributed by atoms with Gasteiger partial charge in [-0.15, -0.1) is 0 Å². The molecule has 1 aliphatic rings. The summed E-state index contributed by atoms with van der Waals surface area (Å²) >= 11 is 5.22. The Morgan fingerprint density at radius 2 is 2.04 bits per heavy atom. The maximum atomic E-state index is 12.3. The average Bonchev–Trinajstić information content (AvgIpc) is 2.90. The van der Waals surface area contributed by atoms with Gasteiger partial charge in [0.15, 0.2) is 5.82 Å². The van der Waals surface area contributed by atoms with Gasteiger partial charge in [-0.25, -0.2) is 9.77 Å². The van der Waals surface area contributed by atoms with Crippen LogP contribution in [0.3, 0.4) is 0 Å². The number of morpholine rings is 1. The summed E-state index contributed by atoms with van der Waals surface area (Å²) in [5.41, 5.74) is 4.86. The zero-order chi connectivity index (χ0) is 16.2. The van der Waals surface area contributed by atoms with Crippen molar-refractivity contribution in [3.63, 3.8) is 0 Å². The van der Waals surface area contributed by atoms with Crippen molar-refractivity contribution in [2.24, 2.45) is 0 Å². The number of hydrogen-bond acceptors (Lipinski definition) is 5. The molecule has 1 aromatic heterocycles. The van der Waals surface area contributed by atoms with E-state index >= 15 is 0 Å². The Kier molecular flexibility index (Phi) is 4.85. The molecule has 0 radical (unpaired) electrons. The fourth-order valence-corrected chi connectivity index (χ4v) is 2.60. The standard InChI is InChI=1S/C15H19N5O2S/c1-11-2-4-12(5-3-11)14-16-17-15(23)20(14)18-13(21)10-19-6-8-22-9-7-19/h2-5H,6-10H2,1H3,(H,17,23)(H,18,21). The number of nitrogens with one attached hydrogen (secondary N) is 2. The maximum absolute atomic E-state index is 12.3. The van der Waals surface area contributed by atoms with Gasteiger partial charge in [-0.3, -0.25) is 15.1 Å². The normalized spacial score (nSPS) is 15.5. The molecular weight excluding hydrogens is 314 g/mol. The summed E-state index contributed by atoms with van der Waals surface area (Å²) in [5.74, 6) is 0.461. The lowest BCUT2D eigenvalue weighted by Crippen LogP contribution is -2.42. The van der Waals surface area contributed by atoms with E-state index in [0.717, 1.165) is 24.2 Å². The first kappa shape index (κ1) is 15.9. The number of nitrogens with zero attached hydrogens (tertiary/aromatic N) is 3. The van der Waals surface area contributed by atoms with Crippen LogP contribution < -0.4 is 5.43 Å². The number of ether oxygens (including phenoxy) is 1. The number of hydrogen-bond donors (Lipinski definition) is 2. The molecule has 2 N–H and O–H groups in total. The van der Waals surface area contributed by atoms with Crippen molar-refractivity contribution < 1.29 is 9.53 Å². The van der Waals surface area contributed by atoms with Crippen molar-refractivity contribution in [3.8, 4) is 11.4 Å². The van der Waals surface area contributed by atoms with Crippen molar-refractivity contribution in [3.05, 3.63) is 34.6 Å². The van der Waals surface area contributed by atoms with Gasteiger partial charge in [0, 0.05) is 18.7 Å². The van der Waals surface area contributed by atoms with Gasteiger partial charge in [-0.05, 0) is 19.1 Å². The highest BCUT2D eigenvalue weighted by Gasteiger charge is 2.16. The number of carbonyl (C=O) groups is 1. The minimum absolute atomic E-state index is 0.127. The SMILES string of the molecule is Cc1ccc(-c2n[nH]c(=S)n2NC(=O)CN2CCOCC2)cc1. The van der Waals surface area contributed by atoms with Crippen LogP contribution >= 0.6 is 12.2 Å². The van der Waals surface area contributed by atoms with E-state index in [9.17, 15) is 4.79 Å². The molecule has 2 aromatic rings. The largest absolute Gasteiger partial charge is 0.379 e. The monoisotopic (exact) mass is 333 g/mol. The molecule has 0 spiro atoms. The minimum Gasteiger partial charge on any atom is -0.379 e. The van der Waals surface area contributed by atoms with Crippen LogP contribution in [0.25, 0.3) is 11.4 Å². The molecule has 0 unspecified atom stereocenters. The van der Waals surface area contributed by atoms with Crippen LogP contribution in [-0.4, -0.2) is 58.5 Å². The summed E-state index contributed by atoms with van der Waals surface area (Å²) in [6, 6.07) is 7.88. The van der Waals surface area contributed by atoms with E-state index in [-0.39, 0.29) is 5.91 Å². The van der Waals surface area contributed by atoms with Crippen molar-refractivity contribution in [1.29, 1.82) is 0 Å². The first-order valence-electron chi connectivity index (χ1n) is 7.48. The first-order chi connectivity index (χ1) is 11.1. The molecule has 0 aliphatic carbocycles. The molecule has 122 valence electrons. The Morgan fingerprint density at radius 1 is 1.35 bits per heavy atom. The van der Waals surface area contributed by atoms with E-state index in [4.69, 9.17) is 17.0 Å². The van der Waals surface area contributed by atoms with E-state index < -0.39 is 0 Å². The lowest BCUT2D eigenvalue weighted by molar-refractivity contribution is -0.119. The molecule has 7 nitrogen and oxygen atoms in total. The number of H-pyrrole nitrogens is 1. The molecule has 2 heterocycles. The highest BCUT2D eigenvalue weighted by atomic mass is 32.1. The molecule has 3 rings (SSSR count). The second kappa shape index (κ2) is 7.03. The molecule has 1 aromatic carbocycles. The van der Waals surface area contributed by atoms with Crippen molar-refractivity contribution in [1.82, 2.24) is 19.8 Å². The van der Waals surface area contributed by atoms with Gasteiger partial charge in [0.25, 0.3) is 5.91 Å². The average molecular weight is 333 g/mol. The van der Waals surface area contributed by atoms with Crippen LogP contribution in [0.15, 0.2) is 24.3 Å². The van der Waals surface area contributed by atoms with Crippen molar-refractivity contribution in [2.45, 2.75) is 6.92 Å². The van der Waals surface area contributed by atoms with Crippen LogP contribution in [0.4, 0.5) is 0 Å². The molecule has 8 heteroatoms.